The Labute approximate surface area is 189 Å². The molecule has 4 rings (SSSR count). The van der Waals surface area contributed by atoms with Crippen LogP contribution in [-0.4, -0.2) is 44.2 Å². The molecule has 2 heterocycles. The highest BCUT2D eigenvalue weighted by molar-refractivity contribution is 7.89. The number of benzene rings is 2. The molecule has 0 bridgehead atoms. The number of anilines is 2. The smallest absolute Gasteiger partial charge is 0.243 e. The predicted molar refractivity (Wildman–Crippen MR) is 124 cm³/mol. The van der Waals surface area contributed by atoms with Crippen molar-refractivity contribution in [3.8, 4) is 0 Å². The van der Waals surface area contributed by atoms with Crippen LogP contribution >= 0.6 is 0 Å². The molecular weight excluding hydrogens is 426 g/mol. The van der Waals surface area contributed by atoms with Gasteiger partial charge in [0, 0.05) is 37.4 Å². The van der Waals surface area contributed by atoms with Gasteiger partial charge in [-0.3, -0.25) is 9.59 Å². The largest absolute Gasteiger partial charge is 0.326 e. The monoisotopic (exact) mass is 455 g/mol. The van der Waals surface area contributed by atoms with Crippen LogP contribution in [0.2, 0.25) is 0 Å². The number of carbonyl (C=O) groups excluding carboxylic acids is 2. The molecule has 8 heteroatoms. The van der Waals surface area contributed by atoms with E-state index < -0.39 is 15.9 Å². The first-order valence-corrected chi connectivity index (χ1v) is 12.5. The second kappa shape index (κ2) is 9.03. The van der Waals surface area contributed by atoms with Crippen LogP contribution in [0.1, 0.15) is 31.7 Å². The van der Waals surface area contributed by atoms with Gasteiger partial charge in [-0.2, -0.15) is 4.31 Å². The van der Waals surface area contributed by atoms with Gasteiger partial charge in [-0.25, -0.2) is 8.42 Å². The molecule has 2 aliphatic rings. The van der Waals surface area contributed by atoms with E-state index in [0.29, 0.717) is 31.2 Å². The first-order valence-electron chi connectivity index (χ1n) is 11.0. The Morgan fingerprint density at radius 2 is 1.69 bits per heavy atom. The lowest BCUT2D eigenvalue weighted by Gasteiger charge is -2.29. The third-order valence-corrected chi connectivity index (χ3v) is 8.32. The second-order valence-corrected chi connectivity index (χ2v) is 10.7. The zero-order valence-corrected chi connectivity index (χ0v) is 19.3. The number of nitrogens with zero attached hydrogens (tertiary/aromatic N) is 2. The summed E-state index contributed by atoms with van der Waals surface area (Å²) in [6.07, 6.45) is 1.89. The Kier molecular flexibility index (Phi) is 6.35. The Morgan fingerprint density at radius 3 is 2.34 bits per heavy atom. The molecule has 7 nitrogen and oxygen atoms in total. The third kappa shape index (κ3) is 4.56. The minimum Gasteiger partial charge on any atom is -0.326 e. The summed E-state index contributed by atoms with van der Waals surface area (Å²) >= 11 is 0. The lowest BCUT2D eigenvalue weighted by molar-refractivity contribution is -0.122. The van der Waals surface area contributed by atoms with Crippen LogP contribution in [-0.2, 0) is 19.6 Å². The van der Waals surface area contributed by atoms with Gasteiger partial charge in [0.25, 0.3) is 0 Å². The van der Waals surface area contributed by atoms with Crippen LogP contribution in [0.3, 0.4) is 0 Å². The zero-order valence-electron chi connectivity index (χ0n) is 18.5. The number of aryl methyl sites for hydroxylation is 1. The van der Waals surface area contributed by atoms with Gasteiger partial charge in [0.15, 0.2) is 0 Å². The zero-order chi connectivity index (χ0) is 22.9. The van der Waals surface area contributed by atoms with Crippen molar-refractivity contribution in [2.24, 2.45) is 11.8 Å². The average molecular weight is 456 g/mol. The molecule has 170 valence electrons. The minimum absolute atomic E-state index is 0.0725. The van der Waals surface area contributed by atoms with Crippen LogP contribution in [0, 0.1) is 18.8 Å². The SMILES string of the molecule is Cc1ccccc1N1CC(C(=O)Nc2ccc(S(=O)(=O)N3CCC(C)CC3)cc2)CC1=O. The number of amides is 2. The molecule has 1 atom stereocenters. The first-order chi connectivity index (χ1) is 15.3. The molecule has 2 fully saturated rings. The Bertz CT molecular complexity index is 1110. The molecule has 2 aromatic carbocycles. The van der Waals surface area contributed by atoms with Crippen molar-refractivity contribution in [3.05, 3.63) is 54.1 Å². The molecule has 2 saturated heterocycles. The van der Waals surface area contributed by atoms with Gasteiger partial charge in [0.05, 0.1) is 10.8 Å². The van der Waals surface area contributed by atoms with Crippen LogP contribution < -0.4 is 10.2 Å². The molecular formula is C24H29N3O4S. The van der Waals surface area contributed by atoms with E-state index >= 15 is 0 Å². The highest BCUT2D eigenvalue weighted by atomic mass is 32.2. The van der Waals surface area contributed by atoms with Crippen LogP contribution in [0.4, 0.5) is 11.4 Å². The van der Waals surface area contributed by atoms with Gasteiger partial charge < -0.3 is 10.2 Å². The van der Waals surface area contributed by atoms with Gasteiger partial charge >= 0.3 is 0 Å². The summed E-state index contributed by atoms with van der Waals surface area (Å²) in [5, 5.41) is 2.83. The molecule has 2 aromatic rings. The molecule has 2 amide bonds. The fourth-order valence-corrected chi connectivity index (χ4v) is 5.78. The van der Waals surface area contributed by atoms with E-state index in [0.717, 1.165) is 24.1 Å². The van der Waals surface area contributed by atoms with Crippen molar-refractivity contribution >= 4 is 33.2 Å². The molecule has 1 N–H and O–H groups in total. The maximum absolute atomic E-state index is 12.9. The van der Waals surface area contributed by atoms with Gasteiger partial charge in [-0.1, -0.05) is 25.1 Å². The number of nitrogens with one attached hydrogen (secondary N) is 1. The summed E-state index contributed by atoms with van der Waals surface area (Å²) in [4.78, 5) is 27.1. The fraction of sp³-hybridized carbons (Fsp3) is 0.417. The van der Waals surface area contributed by atoms with Crippen LogP contribution in [0.15, 0.2) is 53.4 Å². The summed E-state index contributed by atoms with van der Waals surface area (Å²) in [5.74, 6) is -0.226. The molecule has 2 aliphatic heterocycles. The van der Waals surface area contributed by atoms with E-state index in [1.54, 1.807) is 17.0 Å². The molecule has 32 heavy (non-hydrogen) atoms. The number of piperidine rings is 1. The Morgan fingerprint density at radius 1 is 1.03 bits per heavy atom. The normalized spacial score (nSPS) is 20.5. The van der Waals surface area contributed by atoms with E-state index in [9.17, 15) is 18.0 Å². The van der Waals surface area contributed by atoms with Crippen molar-refractivity contribution in [2.45, 2.75) is 38.0 Å². The number of rotatable bonds is 5. The fourth-order valence-electron chi connectivity index (χ4n) is 4.31. The average Bonchev–Trinajstić information content (AvgIpc) is 3.16. The van der Waals surface area contributed by atoms with Crippen molar-refractivity contribution in [3.63, 3.8) is 0 Å². The second-order valence-electron chi connectivity index (χ2n) is 8.79. The number of hydrogen-bond donors (Lipinski definition) is 1. The standard InChI is InChI=1S/C24H29N3O4S/c1-17-11-13-26(14-12-17)32(30,31)21-9-7-20(8-10-21)25-24(29)19-15-23(28)27(16-19)22-6-4-3-5-18(22)2/h3-10,17,19H,11-16H2,1-2H3,(H,25,29). The van der Waals surface area contributed by atoms with Gasteiger partial charge in [-0.15, -0.1) is 0 Å². The Hall–Kier alpha value is -2.71. The van der Waals surface area contributed by atoms with E-state index in [1.807, 2.05) is 31.2 Å². The highest BCUT2D eigenvalue weighted by Gasteiger charge is 2.35. The minimum atomic E-state index is -3.53. The number of para-hydroxylation sites is 1. The predicted octanol–water partition coefficient (Wildman–Crippen LogP) is 3.41. The van der Waals surface area contributed by atoms with Crippen molar-refractivity contribution in [2.75, 3.05) is 29.9 Å². The summed E-state index contributed by atoms with van der Waals surface area (Å²) in [6, 6.07) is 13.9. The number of sulfonamides is 1. The molecule has 0 spiro atoms. The Balaban J connectivity index is 1.40. The van der Waals surface area contributed by atoms with Crippen LogP contribution in [0.5, 0.6) is 0 Å². The third-order valence-electron chi connectivity index (χ3n) is 6.40. The van der Waals surface area contributed by atoms with E-state index in [1.165, 1.54) is 16.4 Å². The lowest BCUT2D eigenvalue weighted by atomic mass is 10.0. The summed E-state index contributed by atoms with van der Waals surface area (Å²) in [5.41, 5.74) is 2.33. The van der Waals surface area contributed by atoms with Crippen molar-refractivity contribution in [1.29, 1.82) is 0 Å². The molecule has 0 saturated carbocycles. The number of hydrogen-bond acceptors (Lipinski definition) is 4. The summed E-state index contributed by atoms with van der Waals surface area (Å²) < 4.78 is 27.3. The highest BCUT2D eigenvalue weighted by Crippen LogP contribution is 2.29. The quantitative estimate of drug-likeness (QED) is 0.749. The molecule has 0 aromatic heterocycles. The van der Waals surface area contributed by atoms with Gasteiger partial charge in [-0.05, 0) is 61.6 Å². The van der Waals surface area contributed by atoms with E-state index in [2.05, 4.69) is 12.2 Å². The van der Waals surface area contributed by atoms with Gasteiger partial charge in [0.1, 0.15) is 0 Å². The van der Waals surface area contributed by atoms with E-state index in [4.69, 9.17) is 0 Å². The van der Waals surface area contributed by atoms with Crippen molar-refractivity contribution < 1.29 is 18.0 Å². The summed E-state index contributed by atoms with van der Waals surface area (Å²) in [7, 11) is -3.53. The maximum Gasteiger partial charge on any atom is 0.243 e. The molecule has 0 aliphatic carbocycles. The maximum atomic E-state index is 12.9. The molecule has 0 radical (unpaired) electrons. The van der Waals surface area contributed by atoms with Gasteiger partial charge in [0.2, 0.25) is 21.8 Å². The van der Waals surface area contributed by atoms with Crippen LogP contribution in [0.25, 0.3) is 0 Å². The number of carbonyl (C=O) groups is 2. The summed E-state index contributed by atoms with van der Waals surface area (Å²) in [6.45, 7) is 5.48. The lowest BCUT2D eigenvalue weighted by Crippen LogP contribution is -2.37. The first kappa shape index (κ1) is 22.5. The molecule has 1 unspecified atom stereocenters. The van der Waals surface area contributed by atoms with E-state index in [-0.39, 0.29) is 23.1 Å². The topological polar surface area (TPSA) is 86.8 Å². The van der Waals surface area contributed by atoms with Crippen molar-refractivity contribution in [1.82, 2.24) is 4.31 Å².